The van der Waals surface area contributed by atoms with Gasteiger partial charge in [0.2, 0.25) is 10.0 Å². The van der Waals surface area contributed by atoms with Crippen LogP contribution in [0.2, 0.25) is 0 Å². The van der Waals surface area contributed by atoms with Crippen molar-refractivity contribution in [1.29, 1.82) is 0 Å². The summed E-state index contributed by atoms with van der Waals surface area (Å²) in [6.07, 6.45) is 0. The van der Waals surface area contributed by atoms with Crippen LogP contribution in [-0.2, 0) is 16.6 Å². The first-order valence-corrected chi connectivity index (χ1v) is 9.14. The van der Waals surface area contributed by atoms with Crippen molar-refractivity contribution < 1.29 is 18.3 Å². The summed E-state index contributed by atoms with van der Waals surface area (Å²) in [5.74, 6) is 0.626. The van der Waals surface area contributed by atoms with Crippen LogP contribution in [0.5, 0.6) is 5.75 Å². The van der Waals surface area contributed by atoms with Gasteiger partial charge in [-0.3, -0.25) is 0 Å². The monoisotopic (exact) mass is 349 g/mol. The van der Waals surface area contributed by atoms with Crippen LogP contribution in [-0.4, -0.2) is 38.1 Å². The molecule has 0 saturated carbocycles. The lowest BCUT2D eigenvalue weighted by Gasteiger charge is -2.24. The van der Waals surface area contributed by atoms with E-state index in [1.54, 1.807) is 33.1 Å². The molecule has 24 heavy (non-hydrogen) atoms. The first-order valence-electron chi connectivity index (χ1n) is 7.70. The van der Waals surface area contributed by atoms with E-state index in [2.05, 4.69) is 0 Å². The Bertz CT molecular complexity index is 765. The minimum Gasteiger partial charge on any atom is -0.497 e. The number of hydrogen-bond acceptors (Lipinski definition) is 4. The van der Waals surface area contributed by atoms with Gasteiger partial charge in [0.05, 0.1) is 18.6 Å². The van der Waals surface area contributed by atoms with E-state index in [1.807, 2.05) is 30.3 Å². The summed E-state index contributed by atoms with van der Waals surface area (Å²) in [5.41, 5.74) is 2.13. The standard InChI is InChI=1S/C18H23NO4S/c1-14-11-17(23-3)12-15(2)18(14)24(21,22)19(9-10-20)13-16-7-5-4-6-8-16/h4-8,11-12,20H,9-10,13H2,1-3H3. The molecule has 0 spiro atoms. The van der Waals surface area contributed by atoms with Crippen LogP contribution >= 0.6 is 0 Å². The van der Waals surface area contributed by atoms with Gasteiger partial charge in [0.1, 0.15) is 5.75 Å². The molecular weight excluding hydrogens is 326 g/mol. The highest BCUT2D eigenvalue weighted by Gasteiger charge is 2.28. The molecule has 0 bridgehead atoms. The lowest BCUT2D eigenvalue weighted by atomic mass is 10.1. The van der Waals surface area contributed by atoms with E-state index in [4.69, 9.17) is 4.74 Å². The highest BCUT2D eigenvalue weighted by molar-refractivity contribution is 7.89. The summed E-state index contributed by atoms with van der Waals surface area (Å²) in [5, 5.41) is 9.32. The lowest BCUT2D eigenvalue weighted by molar-refractivity contribution is 0.251. The predicted octanol–water partition coefficient (Wildman–Crippen LogP) is 2.50. The Morgan fingerprint density at radius 1 is 1.08 bits per heavy atom. The van der Waals surface area contributed by atoms with Crippen molar-refractivity contribution in [2.45, 2.75) is 25.3 Å². The Kier molecular flexibility index (Phi) is 5.99. The van der Waals surface area contributed by atoms with E-state index in [1.165, 1.54) is 4.31 Å². The average molecular weight is 349 g/mol. The second-order valence-corrected chi connectivity index (χ2v) is 7.51. The molecule has 0 heterocycles. The van der Waals surface area contributed by atoms with E-state index in [9.17, 15) is 13.5 Å². The number of nitrogens with zero attached hydrogens (tertiary/aromatic N) is 1. The largest absolute Gasteiger partial charge is 0.497 e. The van der Waals surface area contributed by atoms with Crippen molar-refractivity contribution in [3.8, 4) is 5.75 Å². The second-order valence-electron chi connectivity index (χ2n) is 5.64. The fraction of sp³-hybridized carbons (Fsp3) is 0.333. The van der Waals surface area contributed by atoms with Crippen LogP contribution in [0.15, 0.2) is 47.4 Å². The fourth-order valence-corrected chi connectivity index (χ4v) is 4.58. The van der Waals surface area contributed by atoms with Crippen LogP contribution < -0.4 is 4.74 Å². The van der Waals surface area contributed by atoms with Crippen molar-refractivity contribution in [2.75, 3.05) is 20.3 Å². The van der Waals surface area contributed by atoms with Gasteiger partial charge in [-0.2, -0.15) is 4.31 Å². The Morgan fingerprint density at radius 3 is 2.17 bits per heavy atom. The van der Waals surface area contributed by atoms with Crippen LogP contribution in [0.1, 0.15) is 16.7 Å². The summed E-state index contributed by atoms with van der Waals surface area (Å²) in [6.45, 7) is 3.53. The zero-order valence-corrected chi connectivity index (χ0v) is 15.0. The summed E-state index contributed by atoms with van der Waals surface area (Å²) >= 11 is 0. The molecule has 0 amide bonds. The number of ether oxygens (including phenoxy) is 1. The predicted molar refractivity (Wildman–Crippen MR) is 93.6 cm³/mol. The zero-order chi connectivity index (χ0) is 17.7. The van der Waals surface area contributed by atoms with Crippen LogP contribution in [0.25, 0.3) is 0 Å². The smallest absolute Gasteiger partial charge is 0.243 e. The Balaban J connectivity index is 2.45. The van der Waals surface area contributed by atoms with Crippen molar-refractivity contribution >= 4 is 10.0 Å². The summed E-state index contributed by atoms with van der Waals surface area (Å²) < 4.78 is 32.8. The molecule has 0 aliphatic rings. The molecule has 0 aliphatic heterocycles. The average Bonchev–Trinajstić information content (AvgIpc) is 2.54. The minimum atomic E-state index is -3.73. The number of aliphatic hydroxyl groups excluding tert-OH is 1. The van der Waals surface area contributed by atoms with Gasteiger partial charge in [0.25, 0.3) is 0 Å². The van der Waals surface area contributed by atoms with Gasteiger partial charge >= 0.3 is 0 Å². The third-order valence-corrected chi connectivity index (χ3v) is 5.97. The highest BCUT2D eigenvalue weighted by Crippen LogP contribution is 2.29. The maximum atomic E-state index is 13.1. The van der Waals surface area contributed by atoms with Gasteiger partial charge < -0.3 is 9.84 Å². The summed E-state index contributed by atoms with van der Waals surface area (Å²) in [6, 6.07) is 12.8. The van der Waals surface area contributed by atoms with Crippen molar-refractivity contribution in [3.05, 3.63) is 59.2 Å². The fourth-order valence-electron chi connectivity index (χ4n) is 2.75. The van der Waals surface area contributed by atoms with E-state index in [0.717, 1.165) is 5.56 Å². The second kappa shape index (κ2) is 7.79. The molecule has 0 radical (unpaired) electrons. The number of rotatable bonds is 7. The molecule has 2 rings (SSSR count). The quantitative estimate of drug-likeness (QED) is 0.834. The van der Waals surface area contributed by atoms with Crippen molar-refractivity contribution in [2.24, 2.45) is 0 Å². The van der Waals surface area contributed by atoms with Gasteiger partial charge in [0, 0.05) is 13.1 Å². The van der Waals surface area contributed by atoms with Crippen LogP contribution in [0, 0.1) is 13.8 Å². The number of aliphatic hydroxyl groups is 1. The maximum absolute atomic E-state index is 13.1. The third-order valence-electron chi connectivity index (χ3n) is 3.82. The van der Waals surface area contributed by atoms with Crippen molar-refractivity contribution in [1.82, 2.24) is 4.31 Å². The van der Waals surface area contributed by atoms with Gasteiger partial charge in [-0.1, -0.05) is 30.3 Å². The van der Waals surface area contributed by atoms with E-state index in [-0.39, 0.29) is 24.6 Å². The summed E-state index contributed by atoms with van der Waals surface area (Å²) in [7, 11) is -2.18. The zero-order valence-electron chi connectivity index (χ0n) is 14.2. The van der Waals surface area contributed by atoms with E-state index >= 15 is 0 Å². The SMILES string of the molecule is COc1cc(C)c(S(=O)(=O)N(CCO)Cc2ccccc2)c(C)c1. The Morgan fingerprint density at radius 2 is 1.67 bits per heavy atom. The molecule has 0 aliphatic carbocycles. The molecule has 1 N–H and O–H groups in total. The molecule has 0 aromatic heterocycles. The van der Waals surface area contributed by atoms with Gasteiger partial charge in [-0.25, -0.2) is 8.42 Å². The third kappa shape index (κ3) is 3.95. The first kappa shape index (κ1) is 18.4. The lowest BCUT2D eigenvalue weighted by Crippen LogP contribution is -2.34. The van der Waals surface area contributed by atoms with Gasteiger partial charge in [-0.05, 0) is 42.7 Å². The minimum absolute atomic E-state index is 0.0438. The van der Waals surface area contributed by atoms with Gasteiger partial charge in [-0.15, -0.1) is 0 Å². The molecule has 0 atom stereocenters. The Labute approximate surface area is 143 Å². The summed E-state index contributed by atoms with van der Waals surface area (Å²) in [4.78, 5) is 0.271. The van der Waals surface area contributed by atoms with Crippen LogP contribution in [0.4, 0.5) is 0 Å². The van der Waals surface area contributed by atoms with E-state index < -0.39 is 10.0 Å². The number of benzene rings is 2. The van der Waals surface area contributed by atoms with E-state index in [0.29, 0.717) is 16.9 Å². The molecule has 0 fully saturated rings. The number of hydrogen-bond donors (Lipinski definition) is 1. The van der Waals surface area contributed by atoms with Crippen LogP contribution in [0.3, 0.4) is 0 Å². The molecule has 2 aromatic carbocycles. The van der Waals surface area contributed by atoms with Gasteiger partial charge in [0.15, 0.2) is 0 Å². The molecule has 0 saturated heterocycles. The normalized spacial score (nSPS) is 11.7. The molecule has 0 unspecified atom stereocenters. The number of aryl methyl sites for hydroxylation is 2. The number of sulfonamides is 1. The maximum Gasteiger partial charge on any atom is 0.243 e. The topological polar surface area (TPSA) is 66.8 Å². The highest BCUT2D eigenvalue weighted by atomic mass is 32.2. The molecular formula is C18H23NO4S. The Hall–Kier alpha value is -1.89. The van der Waals surface area contributed by atoms with Crippen molar-refractivity contribution in [3.63, 3.8) is 0 Å². The first-order chi connectivity index (χ1) is 11.4. The molecule has 6 heteroatoms. The molecule has 2 aromatic rings. The molecule has 5 nitrogen and oxygen atoms in total. The molecule has 130 valence electrons. The number of methoxy groups -OCH3 is 1.